The second-order valence-corrected chi connectivity index (χ2v) is 7.22. The Bertz CT molecular complexity index is 496. The molecule has 3 heterocycles. The van der Waals surface area contributed by atoms with Crippen LogP contribution >= 0.6 is 0 Å². The van der Waals surface area contributed by atoms with Gasteiger partial charge in [-0.1, -0.05) is 6.92 Å². The van der Waals surface area contributed by atoms with E-state index < -0.39 is 42.2 Å². The molecule has 0 radical (unpaired) electrons. The number of ether oxygens (including phenoxy) is 3. The second kappa shape index (κ2) is 4.64. The molecule has 1 aliphatic carbocycles. The fourth-order valence-electron chi connectivity index (χ4n) is 4.61. The number of hydrogen-bond acceptors (Lipinski definition) is 7. The van der Waals surface area contributed by atoms with Gasteiger partial charge in [0.15, 0.2) is 5.60 Å². The Morgan fingerprint density at radius 3 is 2.73 bits per heavy atom. The lowest BCUT2D eigenvalue weighted by molar-refractivity contribution is -0.333. The van der Waals surface area contributed by atoms with Gasteiger partial charge in [-0.15, -0.1) is 0 Å². The molecular weight excluding hydrogens is 292 g/mol. The maximum atomic E-state index is 11.8. The van der Waals surface area contributed by atoms with Crippen molar-refractivity contribution in [3.8, 4) is 0 Å². The van der Waals surface area contributed by atoms with Crippen molar-refractivity contribution < 1.29 is 34.3 Å². The molecule has 4 aliphatic rings. The van der Waals surface area contributed by atoms with Crippen LogP contribution in [0.15, 0.2) is 0 Å². The third-order valence-corrected chi connectivity index (χ3v) is 5.94. The Labute approximate surface area is 128 Å². The highest BCUT2D eigenvalue weighted by Crippen LogP contribution is 2.57. The molecule has 4 rings (SSSR count). The summed E-state index contributed by atoms with van der Waals surface area (Å²) in [5.41, 5.74) is -1.68. The maximum Gasteiger partial charge on any atom is 0.309 e. The molecule has 124 valence electrons. The van der Waals surface area contributed by atoms with E-state index in [1.165, 1.54) is 0 Å². The zero-order valence-electron chi connectivity index (χ0n) is 12.5. The topological polar surface area (TPSA) is 105 Å². The van der Waals surface area contributed by atoms with Gasteiger partial charge in [0, 0.05) is 12.3 Å². The van der Waals surface area contributed by atoms with Crippen molar-refractivity contribution in [2.45, 2.75) is 55.9 Å². The van der Waals surface area contributed by atoms with Crippen LogP contribution in [0.5, 0.6) is 0 Å². The molecule has 1 saturated carbocycles. The molecule has 4 fully saturated rings. The van der Waals surface area contributed by atoms with Gasteiger partial charge < -0.3 is 29.5 Å². The Hall–Kier alpha value is -0.730. The number of esters is 1. The van der Waals surface area contributed by atoms with Crippen molar-refractivity contribution in [1.82, 2.24) is 0 Å². The third-order valence-electron chi connectivity index (χ3n) is 5.94. The van der Waals surface area contributed by atoms with Crippen LogP contribution in [0.4, 0.5) is 0 Å². The van der Waals surface area contributed by atoms with Crippen molar-refractivity contribution in [3.63, 3.8) is 0 Å². The Morgan fingerprint density at radius 2 is 2.05 bits per heavy atom. The van der Waals surface area contributed by atoms with Crippen LogP contribution in [0.1, 0.15) is 26.2 Å². The van der Waals surface area contributed by atoms with Crippen molar-refractivity contribution in [1.29, 1.82) is 0 Å². The number of carbonyl (C=O) groups excluding carboxylic acids is 1. The van der Waals surface area contributed by atoms with E-state index in [-0.39, 0.29) is 30.8 Å². The minimum Gasteiger partial charge on any atom is -0.462 e. The summed E-state index contributed by atoms with van der Waals surface area (Å²) in [6.07, 6.45) is -0.448. The van der Waals surface area contributed by atoms with E-state index in [0.29, 0.717) is 12.8 Å². The molecule has 0 aromatic carbocycles. The minimum atomic E-state index is -1.68. The monoisotopic (exact) mass is 314 g/mol. The molecule has 0 amide bonds. The van der Waals surface area contributed by atoms with Crippen LogP contribution in [0.25, 0.3) is 0 Å². The standard InChI is InChI=1S/C15H22O7/c1-7-5-20-15(4-9(7)17)14(19,6-16)12-10-2-8(13(18)21-10)3-11(12)22-15/h7-12,16-17,19H,2-6H2,1H3. The molecule has 22 heavy (non-hydrogen) atoms. The summed E-state index contributed by atoms with van der Waals surface area (Å²) in [7, 11) is 0. The van der Waals surface area contributed by atoms with E-state index in [0.717, 1.165) is 0 Å². The van der Waals surface area contributed by atoms with Gasteiger partial charge in [-0.3, -0.25) is 4.79 Å². The fraction of sp³-hybridized carbons (Fsp3) is 0.933. The van der Waals surface area contributed by atoms with E-state index in [9.17, 15) is 20.1 Å². The molecule has 0 aromatic rings. The average Bonchev–Trinajstić information content (AvgIpc) is 2.90. The zero-order chi connectivity index (χ0) is 15.7. The van der Waals surface area contributed by atoms with Gasteiger partial charge in [0.05, 0.1) is 37.3 Å². The van der Waals surface area contributed by atoms with Crippen LogP contribution in [-0.4, -0.2) is 64.2 Å². The average molecular weight is 314 g/mol. The smallest absolute Gasteiger partial charge is 0.309 e. The molecule has 1 spiro atoms. The van der Waals surface area contributed by atoms with Gasteiger partial charge in [-0.05, 0) is 12.8 Å². The maximum absolute atomic E-state index is 11.8. The quantitative estimate of drug-likeness (QED) is 0.543. The lowest BCUT2D eigenvalue weighted by atomic mass is 9.69. The first-order valence-corrected chi connectivity index (χ1v) is 7.94. The number of carbonyl (C=O) groups is 1. The highest BCUT2D eigenvalue weighted by atomic mass is 16.7. The third kappa shape index (κ3) is 1.71. The first-order chi connectivity index (χ1) is 10.4. The number of hydrogen-bond donors (Lipinski definition) is 3. The molecule has 8 unspecified atom stereocenters. The predicted octanol–water partition coefficient (Wildman–Crippen LogP) is -0.826. The predicted molar refractivity (Wildman–Crippen MR) is 71.5 cm³/mol. The van der Waals surface area contributed by atoms with Crippen LogP contribution < -0.4 is 0 Å². The van der Waals surface area contributed by atoms with E-state index in [2.05, 4.69) is 0 Å². The van der Waals surface area contributed by atoms with E-state index in [4.69, 9.17) is 14.2 Å². The first kappa shape index (κ1) is 14.8. The molecule has 7 nitrogen and oxygen atoms in total. The molecule has 8 atom stereocenters. The summed E-state index contributed by atoms with van der Waals surface area (Å²) in [6.45, 7) is 1.55. The summed E-state index contributed by atoms with van der Waals surface area (Å²) in [6, 6.07) is 0. The fourth-order valence-corrected chi connectivity index (χ4v) is 4.61. The van der Waals surface area contributed by atoms with Crippen LogP contribution in [0, 0.1) is 17.8 Å². The van der Waals surface area contributed by atoms with E-state index in [1.807, 2.05) is 6.92 Å². The van der Waals surface area contributed by atoms with Crippen molar-refractivity contribution in [2.75, 3.05) is 13.2 Å². The number of fused-ring (bicyclic) bond motifs is 4. The molecule has 3 N–H and O–H groups in total. The highest BCUT2D eigenvalue weighted by molar-refractivity contribution is 5.75. The normalized spacial score (nSPS) is 57.0. The van der Waals surface area contributed by atoms with Crippen LogP contribution in [0.3, 0.4) is 0 Å². The number of rotatable bonds is 1. The number of aliphatic hydroxyl groups is 3. The van der Waals surface area contributed by atoms with Crippen molar-refractivity contribution >= 4 is 5.97 Å². The Balaban J connectivity index is 1.70. The molecular formula is C15H22O7. The lowest BCUT2D eigenvalue weighted by Crippen LogP contribution is -2.64. The summed E-state index contributed by atoms with van der Waals surface area (Å²) >= 11 is 0. The summed E-state index contributed by atoms with van der Waals surface area (Å²) in [5, 5.41) is 31.3. The molecule has 0 aromatic heterocycles. The molecule has 3 saturated heterocycles. The van der Waals surface area contributed by atoms with Crippen LogP contribution in [-0.2, 0) is 19.0 Å². The largest absolute Gasteiger partial charge is 0.462 e. The molecule has 7 heteroatoms. The highest BCUT2D eigenvalue weighted by Gasteiger charge is 2.72. The molecule has 2 bridgehead atoms. The van der Waals surface area contributed by atoms with E-state index >= 15 is 0 Å². The summed E-state index contributed by atoms with van der Waals surface area (Å²) < 4.78 is 17.2. The van der Waals surface area contributed by atoms with Crippen molar-refractivity contribution in [3.05, 3.63) is 0 Å². The van der Waals surface area contributed by atoms with Crippen LogP contribution in [0.2, 0.25) is 0 Å². The number of aliphatic hydroxyl groups excluding tert-OH is 2. The SMILES string of the molecule is CC1COC2(CC1O)OC1CC3CC(OC3=O)C1C2(O)CO. The Morgan fingerprint density at radius 1 is 1.32 bits per heavy atom. The zero-order valence-corrected chi connectivity index (χ0v) is 12.5. The lowest BCUT2D eigenvalue weighted by Gasteiger charge is -2.47. The Kier molecular flexibility index (Phi) is 3.13. The summed E-state index contributed by atoms with van der Waals surface area (Å²) in [4.78, 5) is 11.8. The first-order valence-electron chi connectivity index (χ1n) is 7.94. The van der Waals surface area contributed by atoms with Gasteiger partial charge in [0.2, 0.25) is 5.79 Å². The second-order valence-electron chi connectivity index (χ2n) is 7.22. The van der Waals surface area contributed by atoms with Crippen molar-refractivity contribution in [2.24, 2.45) is 17.8 Å². The van der Waals surface area contributed by atoms with Gasteiger partial charge >= 0.3 is 5.97 Å². The van der Waals surface area contributed by atoms with Gasteiger partial charge in [-0.25, -0.2) is 0 Å². The minimum absolute atomic E-state index is 0.0610. The van der Waals surface area contributed by atoms with Gasteiger partial charge in [0.25, 0.3) is 0 Å². The molecule has 3 aliphatic heterocycles. The van der Waals surface area contributed by atoms with Gasteiger partial charge in [-0.2, -0.15) is 0 Å². The van der Waals surface area contributed by atoms with Gasteiger partial charge in [0.1, 0.15) is 6.10 Å². The van der Waals surface area contributed by atoms with E-state index in [1.54, 1.807) is 0 Å². The summed E-state index contributed by atoms with van der Waals surface area (Å²) in [5.74, 6) is -2.48.